The molecule has 5 nitrogen and oxygen atoms in total. The summed E-state index contributed by atoms with van der Waals surface area (Å²) < 4.78 is 0. The fourth-order valence-electron chi connectivity index (χ4n) is 2.25. The van der Waals surface area contributed by atoms with Crippen LogP contribution in [-0.2, 0) is 0 Å². The minimum Gasteiger partial charge on any atom is -0.295 e. The van der Waals surface area contributed by atoms with E-state index in [-0.39, 0.29) is 5.78 Å². The van der Waals surface area contributed by atoms with Crippen molar-refractivity contribution in [1.82, 2.24) is 15.4 Å². The minimum absolute atomic E-state index is 0.0414. The van der Waals surface area contributed by atoms with Crippen molar-refractivity contribution in [1.29, 1.82) is 5.26 Å². The van der Waals surface area contributed by atoms with Gasteiger partial charge in [-0.05, 0) is 24.1 Å². The van der Waals surface area contributed by atoms with Gasteiger partial charge in [-0.15, -0.1) is 5.10 Å². The molecule has 0 atom stereocenters. The largest absolute Gasteiger partial charge is 0.295 e. The number of benzene rings is 2. The van der Waals surface area contributed by atoms with Crippen LogP contribution in [0.25, 0.3) is 22.4 Å². The molecule has 1 aromatic heterocycles. The number of aromatic amines is 1. The summed E-state index contributed by atoms with van der Waals surface area (Å²) in [7, 11) is 0. The predicted molar refractivity (Wildman–Crippen MR) is 82.0 cm³/mol. The third kappa shape index (κ3) is 2.50. The average molecular weight is 288 g/mol. The van der Waals surface area contributed by atoms with Gasteiger partial charge in [-0.25, -0.2) is 5.10 Å². The number of H-pyrrole nitrogens is 1. The highest BCUT2D eigenvalue weighted by Crippen LogP contribution is 2.25. The number of ketones is 1. The van der Waals surface area contributed by atoms with Gasteiger partial charge in [0.1, 0.15) is 11.8 Å². The monoisotopic (exact) mass is 288 g/mol. The number of nitrogens with one attached hydrogen (secondary N) is 1. The molecule has 1 N–H and O–H groups in total. The standard InChI is InChI=1S/C17H12N4O/c1-11(22)14-3-2-4-15(9-14)12-5-7-13(8-6-12)17-16(10-18)19-21-20-17/h2-9H,1H3,(H,19,20,21). The molecule has 5 heteroatoms. The Morgan fingerprint density at radius 1 is 1.09 bits per heavy atom. The van der Waals surface area contributed by atoms with Crippen LogP contribution in [0.4, 0.5) is 0 Å². The molecule has 0 aliphatic heterocycles. The van der Waals surface area contributed by atoms with Crippen molar-refractivity contribution in [3.8, 4) is 28.5 Å². The molecule has 22 heavy (non-hydrogen) atoms. The summed E-state index contributed by atoms with van der Waals surface area (Å²) in [6, 6.07) is 17.2. The molecule has 3 aromatic rings. The van der Waals surface area contributed by atoms with Crippen molar-refractivity contribution in [3.63, 3.8) is 0 Å². The summed E-state index contributed by atoms with van der Waals surface area (Å²) in [6.45, 7) is 1.55. The molecule has 0 saturated heterocycles. The zero-order valence-electron chi connectivity index (χ0n) is 11.9. The Bertz CT molecular complexity index is 872. The molecule has 1 heterocycles. The minimum atomic E-state index is 0.0414. The first-order valence-electron chi connectivity index (χ1n) is 6.72. The van der Waals surface area contributed by atoms with Crippen LogP contribution in [0.2, 0.25) is 0 Å². The maximum atomic E-state index is 11.5. The summed E-state index contributed by atoms with van der Waals surface area (Å²) in [5.74, 6) is 0.0414. The Morgan fingerprint density at radius 2 is 1.82 bits per heavy atom. The van der Waals surface area contributed by atoms with E-state index in [1.54, 1.807) is 13.0 Å². The fraction of sp³-hybridized carbons (Fsp3) is 0.0588. The summed E-state index contributed by atoms with van der Waals surface area (Å²) >= 11 is 0. The zero-order valence-corrected chi connectivity index (χ0v) is 11.9. The summed E-state index contributed by atoms with van der Waals surface area (Å²) in [6.07, 6.45) is 0. The third-order valence-corrected chi connectivity index (χ3v) is 3.42. The average Bonchev–Trinajstić information content (AvgIpc) is 3.04. The first-order chi connectivity index (χ1) is 10.7. The first-order valence-corrected chi connectivity index (χ1v) is 6.72. The van der Waals surface area contributed by atoms with Crippen LogP contribution in [0.15, 0.2) is 48.5 Å². The molecule has 0 fully saturated rings. The van der Waals surface area contributed by atoms with Gasteiger partial charge in [-0.2, -0.15) is 5.26 Å². The lowest BCUT2D eigenvalue weighted by Gasteiger charge is -2.05. The van der Waals surface area contributed by atoms with Crippen LogP contribution in [0.5, 0.6) is 0 Å². The van der Waals surface area contributed by atoms with E-state index in [0.29, 0.717) is 17.0 Å². The molecule has 0 unspecified atom stereocenters. The van der Waals surface area contributed by atoms with E-state index in [0.717, 1.165) is 16.7 Å². The molecule has 3 rings (SSSR count). The molecule has 0 spiro atoms. The highest BCUT2D eigenvalue weighted by atomic mass is 16.1. The normalized spacial score (nSPS) is 10.2. The number of nitrogens with zero attached hydrogens (tertiary/aromatic N) is 3. The number of carbonyl (C=O) groups is 1. The number of rotatable bonds is 3. The Labute approximate surface area is 127 Å². The quantitative estimate of drug-likeness (QED) is 0.750. The van der Waals surface area contributed by atoms with E-state index in [9.17, 15) is 4.79 Å². The van der Waals surface area contributed by atoms with Gasteiger partial charge in [0.05, 0.1) is 0 Å². The lowest BCUT2D eigenvalue weighted by Crippen LogP contribution is -1.91. The lowest BCUT2D eigenvalue weighted by molar-refractivity contribution is 0.101. The van der Waals surface area contributed by atoms with E-state index in [1.165, 1.54) is 0 Å². The molecular weight excluding hydrogens is 276 g/mol. The molecular formula is C17H12N4O. The Hall–Kier alpha value is -3.26. The molecule has 0 bridgehead atoms. The Balaban J connectivity index is 1.97. The molecule has 0 radical (unpaired) electrons. The molecule has 0 amide bonds. The van der Waals surface area contributed by atoms with Gasteiger partial charge in [-0.1, -0.05) is 47.7 Å². The molecule has 0 aliphatic carbocycles. The Kier molecular flexibility index (Phi) is 3.50. The zero-order chi connectivity index (χ0) is 15.5. The number of hydrogen-bond donors (Lipinski definition) is 1. The number of aromatic nitrogens is 3. The molecule has 0 aliphatic rings. The van der Waals surface area contributed by atoms with Crippen LogP contribution < -0.4 is 0 Å². The van der Waals surface area contributed by atoms with Crippen LogP contribution in [-0.4, -0.2) is 21.2 Å². The topological polar surface area (TPSA) is 82.4 Å². The van der Waals surface area contributed by atoms with Crippen molar-refractivity contribution < 1.29 is 4.79 Å². The maximum Gasteiger partial charge on any atom is 0.163 e. The number of hydrogen-bond acceptors (Lipinski definition) is 4. The molecule has 106 valence electrons. The number of Topliss-reactive ketones (excluding diaryl/α,β-unsaturated/α-hetero) is 1. The van der Waals surface area contributed by atoms with E-state index in [4.69, 9.17) is 5.26 Å². The van der Waals surface area contributed by atoms with Crippen molar-refractivity contribution >= 4 is 5.78 Å². The van der Waals surface area contributed by atoms with E-state index >= 15 is 0 Å². The summed E-state index contributed by atoms with van der Waals surface area (Å²) in [4.78, 5) is 11.5. The van der Waals surface area contributed by atoms with Crippen molar-refractivity contribution in [2.24, 2.45) is 0 Å². The third-order valence-electron chi connectivity index (χ3n) is 3.42. The van der Waals surface area contributed by atoms with Gasteiger partial charge in [0, 0.05) is 11.1 Å². The van der Waals surface area contributed by atoms with Gasteiger partial charge in [0.25, 0.3) is 0 Å². The lowest BCUT2D eigenvalue weighted by atomic mass is 10.00. The van der Waals surface area contributed by atoms with Crippen LogP contribution in [0.1, 0.15) is 23.0 Å². The number of nitriles is 1. The SMILES string of the molecule is CC(=O)c1cccc(-c2ccc(-c3nn[nH]c3C#N)cc2)c1. The number of carbonyl (C=O) groups excluding carboxylic acids is 1. The second kappa shape index (κ2) is 5.62. The van der Waals surface area contributed by atoms with Gasteiger partial charge in [0.2, 0.25) is 0 Å². The van der Waals surface area contributed by atoms with Gasteiger partial charge in [-0.3, -0.25) is 4.79 Å². The van der Waals surface area contributed by atoms with E-state index in [2.05, 4.69) is 15.4 Å². The van der Waals surface area contributed by atoms with Crippen molar-refractivity contribution in [2.45, 2.75) is 6.92 Å². The highest BCUT2D eigenvalue weighted by Gasteiger charge is 2.09. The van der Waals surface area contributed by atoms with Gasteiger partial charge >= 0.3 is 0 Å². The summed E-state index contributed by atoms with van der Waals surface area (Å²) in [5, 5.41) is 19.1. The van der Waals surface area contributed by atoms with Gasteiger partial charge in [0.15, 0.2) is 11.5 Å². The highest BCUT2D eigenvalue weighted by molar-refractivity contribution is 5.95. The van der Waals surface area contributed by atoms with E-state index in [1.807, 2.05) is 48.5 Å². The predicted octanol–water partition coefficient (Wildman–Crippen LogP) is 3.21. The smallest absolute Gasteiger partial charge is 0.163 e. The summed E-state index contributed by atoms with van der Waals surface area (Å²) in [5.41, 5.74) is 4.34. The molecule has 2 aromatic carbocycles. The van der Waals surface area contributed by atoms with Crippen molar-refractivity contribution in [3.05, 3.63) is 59.8 Å². The van der Waals surface area contributed by atoms with E-state index < -0.39 is 0 Å². The Morgan fingerprint density at radius 3 is 2.50 bits per heavy atom. The molecule has 0 saturated carbocycles. The second-order valence-corrected chi connectivity index (χ2v) is 4.86. The van der Waals surface area contributed by atoms with Crippen molar-refractivity contribution in [2.75, 3.05) is 0 Å². The van der Waals surface area contributed by atoms with Crippen LogP contribution >= 0.6 is 0 Å². The van der Waals surface area contributed by atoms with Gasteiger partial charge < -0.3 is 0 Å². The first kappa shape index (κ1) is 13.7. The maximum absolute atomic E-state index is 11.5. The fourth-order valence-corrected chi connectivity index (χ4v) is 2.25. The van der Waals surface area contributed by atoms with Crippen LogP contribution in [0.3, 0.4) is 0 Å². The second-order valence-electron chi connectivity index (χ2n) is 4.86. The van der Waals surface area contributed by atoms with Crippen LogP contribution in [0, 0.1) is 11.3 Å².